The van der Waals surface area contributed by atoms with Crippen molar-refractivity contribution in [1.29, 1.82) is 0 Å². The normalized spacial score (nSPS) is 20.1. The SMILES string of the molecule is Nc1ncc(-c2ccc(-c3ccccc3[S+]([O-])NC3CCCCC3O)cc2F)cn1. The Morgan fingerprint density at radius 1 is 1.03 bits per heavy atom. The van der Waals surface area contributed by atoms with Crippen molar-refractivity contribution >= 4 is 17.3 Å². The highest BCUT2D eigenvalue weighted by Crippen LogP contribution is 2.32. The number of rotatable bonds is 5. The molecule has 1 aliphatic rings. The molecule has 1 fully saturated rings. The van der Waals surface area contributed by atoms with Gasteiger partial charge in [0, 0.05) is 29.1 Å². The van der Waals surface area contributed by atoms with Crippen molar-refractivity contribution in [3.63, 3.8) is 0 Å². The van der Waals surface area contributed by atoms with Crippen LogP contribution in [-0.4, -0.2) is 31.8 Å². The Bertz CT molecular complexity index is 1020. The lowest BCUT2D eigenvalue weighted by Gasteiger charge is -2.28. The van der Waals surface area contributed by atoms with Gasteiger partial charge in [0.15, 0.2) is 4.90 Å². The second-order valence-corrected chi connectivity index (χ2v) is 8.58. The molecular weight excluding hydrogens is 403 g/mol. The summed E-state index contributed by atoms with van der Waals surface area (Å²) in [5, 5.41) is 10.2. The van der Waals surface area contributed by atoms with Gasteiger partial charge in [-0.25, -0.2) is 14.4 Å². The van der Waals surface area contributed by atoms with Crippen LogP contribution in [-0.2, 0) is 11.4 Å². The monoisotopic (exact) mass is 426 g/mol. The molecule has 1 heterocycles. The van der Waals surface area contributed by atoms with E-state index in [0.29, 0.717) is 33.6 Å². The highest BCUT2D eigenvalue weighted by atomic mass is 32.2. The summed E-state index contributed by atoms with van der Waals surface area (Å²) in [5.41, 5.74) is 7.67. The molecule has 0 aliphatic heterocycles. The highest BCUT2D eigenvalue weighted by molar-refractivity contribution is 7.89. The molecule has 4 N–H and O–H groups in total. The third-order valence-corrected chi connectivity index (χ3v) is 6.61. The van der Waals surface area contributed by atoms with Gasteiger partial charge in [0.25, 0.3) is 0 Å². The zero-order chi connectivity index (χ0) is 21.1. The minimum absolute atomic E-state index is 0.128. The van der Waals surface area contributed by atoms with Gasteiger partial charge in [-0.2, -0.15) is 0 Å². The number of halogens is 1. The molecule has 3 atom stereocenters. The van der Waals surface area contributed by atoms with Gasteiger partial charge in [0.2, 0.25) is 5.95 Å². The van der Waals surface area contributed by atoms with Crippen molar-refractivity contribution in [3.05, 3.63) is 60.7 Å². The lowest BCUT2D eigenvalue weighted by Crippen LogP contribution is -2.45. The van der Waals surface area contributed by atoms with Crippen LogP contribution in [0.2, 0.25) is 0 Å². The van der Waals surface area contributed by atoms with Crippen molar-refractivity contribution in [3.8, 4) is 22.3 Å². The fraction of sp³-hybridized carbons (Fsp3) is 0.273. The first-order chi connectivity index (χ1) is 14.5. The highest BCUT2D eigenvalue weighted by Gasteiger charge is 2.29. The van der Waals surface area contributed by atoms with Gasteiger partial charge >= 0.3 is 0 Å². The first-order valence-electron chi connectivity index (χ1n) is 9.86. The zero-order valence-corrected chi connectivity index (χ0v) is 17.1. The average molecular weight is 427 g/mol. The van der Waals surface area contributed by atoms with Gasteiger partial charge < -0.3 is 15.4 Å². The van der Waals surface area contributed by atoms with Crippen LogP contribution in [0.5, 0.6) is 0 Å². The van der Waals surface area contributed by atoms with Gasteiger partial charge in [0.1, 0.15) is 5.82 Å². The summed E-state index contributed by atoms with van der Waals surface area (Å²) in [6, 6.07) is 11.8. The predicted molar refractivity (Wildman–Crippen MR) is 115 cm³/mol. The average Bonchev–Trinajstić information content (AvgIpc) is 2.76. The maximum atomic E-state index is 14.9. The van der Waals surface area contributed by atoms with Gasteiger partial charge in [-0.05, 0) is 36.6 Å². The topological polar surface area (TPSA) is 107 Å². The number of nitrogen functional groups attached to an aromatic ring is 1. The Morgan fingerprint density at radius 2 is 1.77 bits per heavy atom. The Kier molecular flexibility index (Phi) is 6.29. The standard InChI is InChI=1S/C22H23FN4O2S/c23-18-11-14(9-10-16(18)15-12-25-22(24)26-13-15)17-5-1-4-8-21(17)30(29)27-19-6-2-3-7-20(19)28/h1,4-5,8-13,19-20,27-28H,2-3,6-7H2,(H2,24,25,26). The first kappa shape index (κ1) is 20.7. The third-order valence-electron chi connectivity index (χ3n) is 5.34. The summed E-state index contributed by atoms with van der Waals surface area (Å²) in [6.07, 6.45) is 5.90. The maximum absolute atomic E-state index is 14.9. The Labute approximate surface area is 177 Å². The van der Waals surface area contributed by atoms with E-state index in [1.165, 1.54) is 18.5 Å². The number of hydrogen-bond donors (Lipinski definition) is 3. The fourth-order valence-corrected chi connectivity index (χ4v) is 4.98. The molecule has 30 heavy (non-hydrogen) atoms. The molecule has 8 heteroatoms. The smallest absolute Gasteiger partial charge is 0.219 e. The lowest BCUT2D eigenvalue weighted by molar-refractivity contribution is 0.101. The molecule has 1 aromatic heterocycles. The summed E-state index contributed by atoms with van der Waals surface area (Å²) in [6.45, 7) is 0. The minimum atomic E-state index is -1.53. The molecule has 3 unspecified atom stereocenters. The van der Waals surface area contributed by atoms with Crippen LogP contribution >= 0.6 is 0 Å². The van der Waals surface area contributed by atoms with Gasteiger partial charge in [-0.3, -0.25) is 0 Å². The quantitative estimate of drug-likeness (QED) is 0.540. The largest absolute Gasteiger partial charge is 0.593 e. The maximum Gasteiger partial charge on any atom is 0.219 e. The molecule has 156 valence electrons. The molecule has 2 aromatic carbocycles. The molecular formula is C22H23FN4O2S. The minimum Gasteiger partial charge on any atom is -0.593 e. The summed E-state index contributed by atoms with van der Waals surface area (Å²) in [7, 11) is 0. The third kappa shape index (κ3) is 4.46. The first-order valence-corrected chi connectivity index (χ1v) is 11.0. The molecule has 0 saturated heterocycles. The molecule has 0 amide bonds. The van der Waals surface area contributed by atoms with E-state index in [9.17, 15) is 14.0 Å². The van der Waals surface area contributed by atoms with E-state index in [0.717, 1.165) is 19.3 Å². The molecule has 1 aliphatic carbocycles. The van der Waals surface area contributed by atoms with E-state index in [4.69, 9.17) is 5.73 Å². The molecule has 6 nitrogen and oxygen atoms in total. The van der Waals surface area contributed by atoms with Crippen molar-refractivity contribution in [2.24, 2.45) is 0 Å². The van der Waals surface area contributed by atoms with Crippen LogP contribution in [0.3, 0.4) is 0 Å². The van der Waals surface area contributed by atoms with Gasteiger partial charge in [-0.1, -0.05) is 37.1 Å². The van der Waals surface area contributed by atoms with Gasteiger partial charge in [-0.15, -0.1) is 4.72 Å². The number of nitrogens with two attached hydrogens (primary N) is 1. The second kappa shape index (κ2) is 9.09. The number of hydrogen-bond acceptors (Lipinski definition) is 6. The summed E-state index contributed by atoms with van der Waals surface area (Å²) < 4.78 is 30.9. The van der Waals surface area contributed by atoms with Crippen LogP contribution in [0, 0.1) is 5.82 Å². The van der Waals surface area contributed by atoms with E-state index in [1.807, 2.05) is 12.1 Å². The van der Waals surface area contributed by atoms with E-state index < -0.39 is 23.3 Å². The number of anilines is 1. The molecule has 3 aromatic rings. The number of nitrogens with one attached hydrogen (secondary N) is 1. The van der Waals surface area contributed by atoms with Crippen molar-refractivity contribution in [2.45, 2.75) is 42.7 Å². The van der Waals surface area contributed by atoms with Crippen molar-refractivity contribution in [1.82, 2.24) is 14.7 Å². The molecule has 0 spiro atoms. The molecule has 0 radical (unpaired) electrons. The van der Waals surface area contributed by atoms with Crippen molar-refractivity contribution < 1.29 is 14.0 Å². The number of aliphatic hydroxyl groups is 1. The van der Waals surface area contributed by atoms with E-state index >= 15 is 0 Å². The van der Waals surface area contributed by atoms with Crippen LogP contribution < -0.4 is 10.5 Å². The number of aliphatic hydroxyl groups excluding tert-OH is 1. The summed E-state index contributed by atoms with van der Waals surface area (Å²) in [4.78, 5) is 8.37. The fourth-order valence-electron chi connectivity index (χ4n) is 3.71. The van der Waals surface area contributed by atoms with Crippen LogP contribution in [0.1, 0.15) is 25.7 Å². The Hall–Kier alpha value is -2.52. The molecule has 4 rings (SSSR count). The van der Waals surface area contributed by atoms with Crippen LogP contribution in [0.25, 0.3) is 22.3 Å². The summed E-state index contributed by atoms with van der Waals surface area (Å²) >= 11 is -1.53. The molecule has 0 bridgehead atoms. The molecule has 1 saturated carbocycles. The number of benzene rings is 2. The van der Waals surface area contributed by atoms with Crippen molar-refractivity contribution in [2.75, 3.05) is 5.73 Å². The Morgan fingerprint density at radius 3 is 2.50 bits per heavy atom. The van der Waals surface area contributed by atoms with E-state index in [2.05, 4.69) is 14.7 Å². The van der Waals surface area contributed by atoms with E-state index in [1.54, 1.807) is 24.3 Å². The number of nitrogens with zero attached hydrogens (tertiary/aromatic N) is 2. The van der Waals surface area contributed by atoms with Crippen LogP contribution in [0.4, 0.5) is 10.3 Å². The summed E-state index contributed by atoms with van der Waals surface area (Å²) in [5.74, 6) is -0.306. The predicted octanol–water partition coefficient (Wildman–Crippen LogP) is 3.45. The van der Waals surface area contributed by atoms with Gasteiger partial charge in [0.05, 0.1) is 23.5 Å². The second-order valence-electron chi connectivity index (χ2n) is 7.37. The lowest BCUT2D eigenvalue weighted by atomic mass is 9.93. The Balaban J connectivity index is 1.61. The number of aromatic nitrogens is 2. The zero-order valence-electron chi connectivity index (χ0n) is 16.3. The van der Waals surface area contributed by atoms with E-state index in [-0.39, 0.29) is 12.0 Å². The van der Waals surface area contributed by atoms with Crippen LogP contribution in [0.15, 0.2) is 59.8 Å².